The van der Waals surface area contributed by atoms with Crippen LogP contribution >= 0.6 is 16.3 Å². The normalized spacial score (nSPS) is 11.0. The van der Waals surface area contributed by atoms with Crippen molar-refractivity contribution in [2.45, 2.75) is 27.7 Å². The molecule has 0 amide bonds. The zero-order chi connectivity index (χ0) is 27.7. The summed E-state index contributed by atoms with van der Waals surface area (Å²) >= 11 is 0. The molecule has 0 spiro atoms. The van der Waals surface area contributed by atoms with E-state index in [1.165, 1.54) is 0 Å². The molecular weight excluding hydrogens is 518 g/mol. The fraction of sp³-hybridized carbons (Fsp3) is 0.200. The lowest BCUT2D eigenvalue weighted by Crippen LogP contribution is -1.93. The first-order valence-corrected chi connectivity index (χ1v) is 14.7. The first-order valence-electron chi connectivity index (χ1n) is 12.0. The molecule has 0 fully saturated rings. The summed E-state index contributed by atoms with van der Waals surface area (Å²) in [6.07, 6.45) is 0. The fourth-order valence-electron chi connectivity index (χ4n) is 3.69. The number of rotatable bonds is 8. The Balaban J connectivity index is 0.000000279. The quantitative estimate of drug-likeness (QED) is 0.204. The lowest BCUT2D eigenvalue weighted by Gasteiger charge is -2.04. The zero-order valence-corrected chi connectivity index (χ0v) is 24.2. The van der Waals surface area contributed by atoms with Crippen molar-refractivity contribution in [2.24, 2.45) is 0 Å². The Kier molecular flexibility index (Phi) is 10.4. The third kappa shape index (κ3) is 8.14. The highest BCUT2D eigenvalue weighted by atomic mass is 31.1. The second-order valence-corrected chi connectivity index (χ2v) is 10.5. The number of aryl methyl sites for hydroxylation is 4. The number of hydrogen-bond acceptors (Lipinski definition) is 6. The molecule has 0 saturated heterocycles. The largest absolute Gasteiger partial charge is 0.805 e. The molecule has 4 aromatic rings. The Hall–Kier alpha value is -3.72. The maximum atomic E-state index is 12.2. The van der Waals surface area contributed by atoms with E-state index >= 15 is 0 Å². The van der Waals surface area contributed by atoms with E-state index in [0.29, 0.717) is 11.5 Å². The van der Waals surface area contributed by atoms with Gasteiger partial charge in [0.2, 0.25) is 0 Å². The van der Waals surface area contributed by atoms with Gasteiger partial charge in [-0.15, -0.1) is 0 Å². The fourth-order valence-corrected chi connectivity index (χ4v) is 5.00. The van der Waals surface area contributed by atoms with E-state index in [-0.39, 0.29) is 0 Å². The number of benzene rings is 4. The summed E-state index contributed by atoms with van der Waals surface area (Å²) in [7, 11) is -2.22. The van der Waals surface area contributed by atoms with Crippen LogP contribution in [0, 0.1) is 27.7 Å². The van der Waals surface area contributed by atoms with Crippen LogP contribution in [-0.2, 0) is 9.13 Å². The molecule has 0 aromatic heterocycles. The van der Waals surface area contributed by atoms with Crippen LogP contribution < -0.4 is 18.3 Å². The average molecular weight is 551 g/mol. The summed E-state index contributed by atoms with van der Waals surface area (Å²) in [4.78, 5) is 0. The molecule has 4 aromatic carbocycles. The second-order valence-electron chi connectivity index (χ2n) is 8.63. The molecule has 0 aliphatic heterocycles. The summed E-state index contributed by atoms with van der Waals surface area (Å²) in [5.41, 5.74) is 6.00. The molecular formula is C30H32O6P2+2. The van der Waals surface area contributed by atoms with E-state index in [1.807, 2.05) is 100 Å². The van der Waals surface area contributed by atoms with Crippen molar-refractivity contribution >= 4 is 16.3 Å². The molecule has 196 valence electrons. The third-order valence-corrected chi connectivity index (χ3v) is 6.79. The average Bonchev–Trinajstić information content (AvgIpc) is 2.89. The Morgan fingerprint density at radius 2 is 0.921 bits per heavy atom. The molecule has 8 heteroatoms. The highest BCUT2D eigenvalue weighted by Crippen LogP contribution is 2.35. The zero-order valence-electron chi connectivity index (χ0n) is 22.4. The molecule has 0 bridgehead atoms. The standard InChI is InChI=1S/C21H20O4P.C9H12O2P/c1-15-5-4-6-16(2)21(15)25-26(22)24-20-13-9-18(10-14-20)17-7-11-19(23-3)12-8-17;1-7-5-4-6-8(2)9(7)11-12(3)10/h4-14H,1-3H3;4-6H,1-3H3/q2*+1. The predicted molar refractivity (Wildman–Crippen MR) is 153 cm³/mol. The summed E-state index contributed by atoms with van der Waals surface area (Å²) in [5, 5.41) is 0. The molecule has 0 heterocycles. The third-order valence-electron chi connectivity index (χ3n) is 5.66. The highest BCUT2D eigenvalue weighted by Gasteiger charge is 2.26. The van der Waals surface area contributed by atoms with Crippen LogP contribution in [0.5, 0.6) is 23.0 Å². The highest BCUT2D eigenvalue weighted by molar-refractivity contribution is 7.38. The minimum Gasteiger partial charge on any atom is -0.497 e. The van der Waals surface area contributed by atoms with Gasteiger partial charge in [0.15, 0.2) is 23.9 Å². The number of hydrogen-bond donors (Lipinski definition) is 0. The maximum absolute atomic E-state index is 12.2. The van der Waals surface area contributed by atoms with Gasteiger partial charge in [0.05, 0.1) is 7.11 Å². The molecule has 0 N–H and O–H groups in total. The SMILES string of the molecule is COc1ccc(-c2ccc(O[P+](=O)Oc3c(C)cccc3C)cc2)cc1.Cc1cccc(C)c1O[P+](C)=O. The van der Waals surface area contributed by atoms with Crippen molar-refractivity contribution in [3.05, 3.63) is 107 Å². The Bertz CT molecular complexity index is 1360. The van der Waals surface area contributed by atoms with E-state index in [4.69, 9.17) is 18.3 Å². The van der Waals surface area contributed by atoms with E-state index < -0.39 is 16.3 Å². The minimum absolute atomic E-state index is 0.495. The first kappa shape index (κ1) is 28.8. The summed E-state index contributed by atoms with van der Waals surface area (Å²) in [5.74, 6) is 2.66. The molecule has 0 aliphatic carbocycles. The summed E-state index contributed by atoms with van der Waals surface area (Å²) in [6, 6.07) is 26.8. The molecule has 38 heavy (non-hydrogen) atoms. The predicted octanol–water partition coefficient (Wildman–Crippen LogP) is 9.15. The molecule has 6 nitrogen and oxygen atoms in total. The number of para-hydroxylation sites is 2. The van der Waals surface area contributed by atoms with E-state index in [2.05, 4.69) is 0 Å². The Labute approximate surface area is 226 Å². The van der Waals surface area contributed by atoms with Gasteiger partial charge in [0, 0.05) is 4.57 Å². The van der Waals surface area contributed by atoms with E-state index in [0.717, 1.165) is 44.9 Å². The second kappa shape index (κ2) is 13.7. The van der Waals surface area contributed by atoms with Crippen LogP contribution in [-0.4, -0.2) is 13.8 Å². The Morgan fingerprint density at radius 1 is 0.526 bits per heavy atom. The Morgan fingerprint density at radius 3 is 1.32 bits per heavy atom. The van der Waals surface area contributed by atoms with Gasteiger partial charge in [0.1, 0.15) is 5.75 Å². The van der Waals surface area contributed by atoms with Crippen LogP contribution in [0.2, 0.25) is 0 Å². The molecule has 2 atom stereocenters. The van der Waals surface area contributed by atoms with Crippen molar-refractivity contribution in [3.63, 3.8) is 0 Å². The van der Waals surface area contributed by atoms with Gasteiger partial charge in [-0.3, -0.25) is 4.52 Å². The van der Waals surface area contributed by atoms with Gasteiger partial charge in [-0.05, 0) is 89.9 Å². The molecule has 0 radical (unpaired) electrons. The van der Waals surface area contributed by atoms with Crippen molar-refractivity contribution < 1.29 is 27.4 Å². The lowest BCUT2D eigenvalue weighted by molar-refractivity contribution is 0.413. The number of methoxy groups -OCH3 is 1. The van der Waals surface area contributed by atoms with Gasteiger partial charge in [-0.25, -0.2) is 9.05 Å². The van der Waals surface area contributed by atoms with Gasteiger partial charge >= 0.3 is 16.3 Å². The van der Waals surface area contributed by atoms with Crippen LogP contribution in [0.1, 0.15) is 22.3 Å². The van der Waals surface area contributed by atoms with E-state index in [9.17, 15) is 9.13 Å². The molecule has 0 saturated carbocycles. The van der Waals surface area contributed by atoms with Crippen LogP contribution in [0.3, 0.4) is 0 Å². The van der Waals surface area contributed by atoms with Crippen molar-refractivity contribution in [3.8, 4) is 34.1 Å². The lowest BCUT2D eigenvalue weighted by atomic mass is 10.1. The van der Waals surface area contributed by atoms with Crippen LogP contribution in [0.15, 0.2) is 84.9 Å². The van der Waals surface area contributed by atoms with Crippen molar-refractivity contribution in [1.82, 2.24) is 0 Å². The van der Waals surface area contributed by atoms with Crippen LogP contribution in [0.25, 0.3) is 11.1 Å². The first-order chi connectivity index (χ1) is 18.2. The van der Waals surface area contributed by atoms with Crippen molar-refractivity contribution in [1.29, 1.82) is 0 Å². The summed E-state index contributed by atoms with van der Waals surface area (Å²) < 4.78 is 44.3. The minimum atomic E-state index is -2.30. The topological polar surface area (TPSA) is 71.1 Å². The smallest absolute Gasteiger partial charge is 0.497 e. The molecule has 2 unspecified atom stereocenters. The molecule has 0 aliphatic rings. The van der Waals surface area contributed by atoms with Gasteiger partial charge in [0.25, 0.3) is 0 Å². The van der Waals surface area contributed by atoms with Crippen LogP contribution in [0.4, 0.5) is 0 Å². The van der Waals surface area contributed by atoms with E-state index in [1.54, 1.807) is 25.9 Å². The number of ether oxygens (including phenoxy) is 1. The van der Waals surface area contributed by atoms with Gasteiger partial charge in [-0.2, -0.15) is 0 Å². The molecule has 4 rings (SSSR count). The monoisotopic (exact) mass is 550 g/mol. The van der Waals surface area contributed by atoms with Gasteiger partial charge in [-0.1, -0.05) is 60.7 Å². The maximum Gasteiger partial charge on any atom is 0.805 e. The summed E-state index contributed by atoms with van der Waals surface area (Å²) in [6.45, 7) is 9.27. The van der Waals surface area contributed by atoms with Gasteiger partial charge < -0.3 is 4.74 Å². The van der Waals surface area contributed by atoms with Crippen molar-refractivity contribution in [2.75, 3.05) is 13.8 Å².